The molecule has 9 nitrogen and oxygen atoms in total. The highest BCUT2D eigenvalue weighted by Crippen LogP contribution is 2.36. The molecule has 0 aromatic rings. The minimum Gasteiger partial charge on any atom is -0.462 e. The number of aliphatic hydroxyl groups is 1. The van der Waals surface area contributed by atoms with E-state index in [4.69, 9.17) is 19.3 Å². The maximum Gasteiger partial charge on any atom is 0.469 e. The number of carbonyl (C=O) groups excluding carboxylic acids is 2. The van der Waals surface area contributed by atoms with Crippen LogP contribution in [0.2, 0.25) is 0 Å². The topological polar surface area (TPSA) is 140 Å². The molecule has 0 saturated heterocycles. The van der Waals surface area contributed by atoms with Crippen LogP contribution < -0.4 is 0 Å². The number of phosphoric ester groups is 1. The summed E-state index contributed by atoms with van der Waals surface area (Å²) in [7, 11) is -4.79. The van der Waals surface area contributed by atoms with Gasteiger partial charge in [-0.15, -0.1) is 0 Å². The predicted octanol–water partition coefficient (Wildman–Crippen LogP) is 9.37. The van der Waals surface area contributed by atoms with Crippen molar-refractivity contribution < 1.29 is 43.0 Å². The standard InChI is InChI=1S/C37H65O9P/c1-3-5-7-9-11-13-15-16-18-19-21-23-25-28-34(38)29-27-31-36(39)44-32-35(33-45-47(41,42)43)46-37(40)30-26-24-22-20-17-14-12-10-8-6-4-2/h11,13,16,18,21,23,25,28,34-35,38H,3-10,12,14-15,17,19-20,22,24,26-27,29-33H2,1-2H3,(H2,41,42,43)/b13-11-,18-16-,23-21-,28-25+/t34-,35-/m1/s1. The van der Waals surface area contributed by atoms with Crippen molar-refractivity contribution in [1.82, 2.24) is 0 Å². The molecule has 0 saturated carbocycles. The van der Waals surface area contributed by atoms with Gasteiger partial charge >= 0.3 is 19.8 Å². The quantitative estimate of drug-likeness (QED) is 0.0208. The number of unbranched alkanes of at least 4 members (excludes halogenated alkanes) is 13. The van der Waals surface area contributed by atoms with Gasteiger partial charge in [-0.1, -0.05) is 140 Å². The lowest BCUT2D eigenvalue weighted by atomic mass is 10.1. The SMILES string of the molecule is CCCCC/C=C\C/C=C\C/C=C\C=C\[C@@H](O)CCCC(=O)OC[C@H](COP(=O)(O)O)OC(=O)CCCCCCCCCCCCC. The first-order valence-corrected chi connectivity index (χ1v) is 19.6. The minimum absolute atomic E-state index is 0.0390. The zero-order valence-electron chi connectivity index (χ0n) is 29.3. The lowest BCUT2D eigenvalue weighted by Gasteiger charge is -2.18. The summed E-state index contributed by atoms with van der Waals surface area (Å²) in [6.45, 7) is 3.45. The normalized spacial score (nSPS) is 13.7. The molecule has 0 aliphatic carbocycles. The Hall–Kier alpha value is -2.03. The molecule has 2 atom stereocenters. The fourth-order valence-corrected chi connectivity index (χ4v) is 5.07. The third kappa shape index (κ3) is 35.1. The number of rotatable bonds is 32. The van der Waals surface area contributed by atoms with E-state index in [-0.39, 0.29) is 19.4 Å². The first kappa shape index (κ1) is 45.0. The molecule has 3 N–H and O–H groups in total. The molecule has 0 aromatic carbocycles. The molecule has 0 rings (SSSR count). The van der Waals surface area contributed by atoms with Crippen LogP contribution in [-0.2, 0) is 28.2 Å². The number of esters is 2. The Kier molecular flexibility index (Phi) is 31.1. The zero-order chi connectivity index (χ0) is 34.9. The maximum atomic E-state index is 12.3. The van der Waals surface area contributed by atoms with Gasteiger partial charge < -0.3 is 24.4 Å². The minimum atomic E-state index is -4.79. The lowest BCUT2D eigenvalue weighted by Crippen LogP contribution is -2.29. The van der Waals surface area contributed by atoms with Gasteiger partial charge in [-0.05, 0) is 44.9 Å². The first-order valence-electron chi connectivity index (χ1n) is 18.0. The number of phosphoric acid groups is 1. The van der Waals surface area contributed by atoms with E-state index in [9.17, 15) is 19.3 Å². The average Bonchev–Trinajstić information content (AvgIpc) is 3.03. The van der Waals surface area contributed by atoms with Crippen LogP contribution in [0.15, 0.2) is 48.6 Å². The van der Waals surface area contributed by atoms with E-state index >= 15 is 0 Å². The number of hydrogen-bond donors (Lipinski definition) is 3. The summed E-state index contributed by atoms with van der Waals surface area (Å²) in [5, 5.41) is 10.1. The number of ether oxygens (including phenoxy) is 2. The van der Waals surface area contributed by atoms with Crippen molar-refractivity contribution >= 4 is 19.8 Å². The van der Waals surface area contributed by atoms with Crippen LogP contribution in [0, 0.1) is 0 Å². The second-order valence-corrected chi connectivity index (χ2v) is 13.3. The van der Waals surface area contributed by atoms with Crippen LogP contribution >= 0.6 is 7.82 Å². The largest absolute Gasteiger partial charge is 0.469 e. The molecule has 0 bridgehead atoms. The van der Waals surface area contributed by atoms with E-state index in [1.807, 2.05) is 12.2 Å². The number of carbonyl (C=O) groups is 2. The Bertz CT molecular complexity index is 923. The van der Waals surface area contributed by atoms with E-state index < -0.39 is 38.6 Å². The molecule has 0 aromatic heterocycles. The Morgan fingerprint density at radius 1 is 0.660 bits per heavy atom. The number of hydrogen-bond acceptors (Lipinski definition) is 7. The molecule has 0 radical (unpaired) electrons. The van der Waals surface area contributed by atoms with Gasteiger partial charge in [-0.2, -0.15) is 0 Å². The Morgan fingerprint density at radius 2 is 1.21 bits per heavy atom. The number of allylic oxidation sites excluding steroid dienone is 7. The summed E-state index contributed by atoms with van der Waals surface area (Å²) in [5.74, 6) is -1.09. The third-order valence-corrected chi connectivity index (χ3v) is 7.94. The lowest BCUT2D eigenvalue weighted by molar-refractivity contribution is -0.161. The van der Waals surface area contributed by atoms with E-state index in [1.165, 1.54) is 64.2 Å². The fourth-order valence-electron chi connectivity index (χ4n) is 4.71. The van der Waals surface area contributed by atoms with Crippen molar-refractivity contribution in [2.75, 3.05) is 13.2 Å². The average molecular weight is 685 g/mol. The molecule has 272 valence electrons. The summed E-state index contributed by atoms with van der Waals surface area (Å²) in [6, 6.07) is 0. The van der Waals surface area contributed by atoms with Gasteiger partial charge in [0.15, 0.2) is 6.10 Å². The molecular formula is C37H65O9P. The van der Waals surface area contributed by atoms with Gasteiger partial charge in [0, 0.05) is 12.8 Å². The summed E-state index contributed by atoms with van der Waals surface area (Å²) < 4.78 is 26.1. The Morgan fingerprint density at radius 3 is 1.85 bits per heavy atom. The highest BCUT2D eigenvalue weighted by atomic mass is 31.2. The van der Waals surface area contributed by atoms with E-state index in [1.54, 1.807) is 12.2 Å². The second kappa shape index (κ2) is 32.5. The van der Waals surface area contributed by atoms with Crippen LogP contribution in [0.5, 0.6) is 0 Å². The van der Waals surface area contributed by atoms with Gasteiger partial charge in [-0.3, -0.25) is 14.1 Å². The molecule has 0 amide bonds. The van der Waals surface area contributed by atoms with E-state index in [2.05, 4.69) is 42.7 Å². The van der Waals surface area contributed by atoms with Crippen LogP contribution in [0.25, 0.3) is 0 Å². The summed E-state index contributed by atoms with van der Waals surface area (Å²) in [4.78, 5) is 42.6. The zero-order valence-corrected chi connectivity index (χ0v) is 30.2. The van der Waals surface area contributed by atoms with Gasteiger partial charge in [-0.25, -0.2) is 4.57 Å². The molecule has 0 heterocycles. The Balaban J connectivity index is 4.21. The smallest absolute Gasteiger partial charge is 0.462 e. The van der Waals surface area contributed by atoms with Crippen molar-refractivity contribution in [3.63, 3.8) is 0 Å². The van der Waals surface area contributed by atoms with E-state index in [0.717, 1.165) is 38.5 Å². The van der Waals surface area contributed by atoms with Gasteiger partial charge in [0.25, 0.3) is 0 Å². The highest BCUT2D eigenvalue weighted by molar-refractivity contribution is 7.46. The van der Waals surface area contributed by atoms with Crippen molar-refractivity contribution in [2.45, 2.75) is 161 Å². The van der Waals surface area contributed by atoms with Gasteiger partial charge in [0.05, 0.1) is 12.7 Å². The maximum absolute atomic E-state index is 12.3. The van der Waals surface area contributed by atoms with Crippen molar-refractivity contribution in [2.24, 2.45) is 0 Å². The molecule has 0 spiro atoms. The summed E-state index contributed by atoms with van der Waals surface area (Å²) in [6.07, 6.45) is 34.4. The monoisotopic (exact) mass is 684 g/mol. The van der Waals surface area contributed by atoms with Crippen molar-refractivity contribution in [3.8, 4) is 0 Å². The molecule has 0 fully saturated rings. The molecule has 0 aliphatic rings. The highest BCUT2D eigenvalue weighted by Gasteiger charge is 2.23. The van der Waals surface area contributed by atoms with Crippen LogP contribution in [0.3, 0.4) is 0 Å². The predicted molar refractivity (Wildman–Crippen MR) is 190 cm³/mol. The molecule has 0 aliphatic heterocycles. The Labute approximate surface area is 285 Å². The van der Waals surface area contributed by atoms with Crippen LogP contribution in [-0.4, -0.2) is 52.3 Å². The summed E-state index contributed by atoms with van der Waals surface area (Å²) in [5.41, 5.74) is 0. The second-order valence-electron chi connectivity index (χ2n) is 12.0. The van der Waals surface area contributed by atoms with Gasteiger partial charge in [0.2, 0.25) is 0 Å². The first-order chi connectivity index (χ1) is 22.7. The summed E-state index contributed by atoms with van der Waals surface area (Å²) >= 11 is 0. The number of aliphatic hydroxyl groups excluding tert-OH is 1. The van der Waals surface area contributed by atoms with Gasteiger partial charge in [0.1, 0.15) is 6.61 Å². The molecular weight excluding hydrogens is 619 g/mol. The molecule has 0 unspecified atom stereocenters. The van der Waals surface area contributed by atoms with Crippen LogP contribution in [0.4, 0.5) is 0 Å². The third-order valence-electron chi connectivity index (χ3n) is 7.45. The van der Waals surface area contributed by atoms with E-state index in [0.29, 0.717) is 19.3 Å². The molecule has 47 heavy (non-hydrogen) atoms. The fraction of sp³-hybridized carbons (Fsp3) is 0.730. The van der Waals surface area contributed by atoms with Crippen LogP contribution in [0.1, 0.15) is 149 Å². The van der Waals surface area contributed by atoms with Crippen molar-refractivity contribution in [3.05, 3.63) is 48.6 Å². The van der Waals surface area contributed by atoms with Crippen molar-refractivity contribution in [1.29, 1.82) is 0 Å². The molecule has 10 heteroatoms.